The van der Waals surface area contributed by atoms with Crippen LogP contribution in [0.25, 0.3) is 6.08 Å². The highest BCUT2D eigenvalue weighted by atomic mass is 79.9. The number of ketones is 1. The van der Waals surface area contributed by atoms with E-state index < -0.39 is 0 Å². The number of carbonyl (C=O) groups excluding carboxylic acids is 1. The Labute approximate surface area is 135 Å². The van der Waals surface area contributed by atoms with Gasteiger partial charge in [0.15, 0.2) is 11.5 Å². The van der Waals surface area contributed by atoms with Crippen molar-refractivity contribution >= 4 is 27.8 Å². The van der Waals surface area contributed by atoms with Crippen LogP contribution in [0.15, 0.2) is 52.5 Å². The number of fused-ring (bicyclic) bond motifs is 1. The molecule has 4 nitrogen and oxygen atoms in total. The van der Waals surface area contributed by atoms with Gasteiger partial charge < -0.3 is 9.47 Å². The Morgan fingerprint density at radius 1 is 1.18 bits per heavy atom. The van der Waals surface area contributed by atoms with Gasteiger partial charge in [0.1, 0.15) is 11.6 Å². The number of rotatable bonds is 3. The van der Waals surface area contributed by atoms with Crippen LogP contribution in [0.2, 0.25) is 0 Å². The molecule has 0 N–H and O–H groups in total. The molecular formula is C17H10BrNO3. The summed E-state index contributed by atoms with van der Waals surface area (Å²) in [6.45, 7) is 0.144. The third kappa shape index (κ3) is 2.74. The predicted molar refractivity (Wildman–Crippen MR) is 84.6 cm³/mol. The van der Waals surface area contributed by atoms with Gasteiger partial charge in [-0.1, -0.05) is 34.1 Å². The quantitative estimate of drug-likeness (QED) is 0.474. The largest absolute Gasteiger partial charge is 0.454 e. The van der Waals surface area contributed by atoms with Crippen molar-refractivity contribution < 1.29 is 14.3 Å². The zero-order valence-electron chi connectivity index (χ0n) is 11.4. The summed E-state index contributed by atoms with van der Waals surface area (Å²) in [6, 6.07) is 14.2. The van der Waals surface area contributed by atoms with Gasteiger partial charge in [-0.15, -0.1) is 0 Å². The first kappa shape index (κ1) is 14.4. The monoisotopic (exact) mass is 355 g/mol. The first-order chi connectivity index (χ1) is 10.7. The number of carbonyl (C=O) groups is 1. The van der Waals surface area contributed by atoms with E-state index in [1.54, 1.807) is 24.3 Å². The van der Waals surface area contributed by atoms with Crippen molar-refractivity contribution in [1.82, 2.24) is 0 Å². The summed E-state index contributed by atoms with van der Waals surface area (Å²) >= 11 is 3.40. The Morgan fingerprint density at radius 2 is 1.95 bits per heavy atom. The van der Waals surface area contributed by atoms with Crippen LogP contribution in [0.4, 0.5) is 0 Å². The Morgan fingerprint density at radius 3 is 2.73 bits per heavy atom. The first-order valence-corrected chi connectivity index (χ1v) is 7.29. The molecule has 3 rings (SSSR count). The van der Waals surface area contributed by atoms with E-state index in [1.807, 2.05) is 30.3 Å². The molecular weight excluding hydrogens is 346 g/mol. The summed E-state index contributed by atoms with van der Waals surface area (Å²) in [4.78, 5) is 12.5. The smallest absolute Gasteiger partial charge is 0.231 e. The van der Waals surface area contributed by atoms with Crippen molar-refractivity contribution in [2.75, 3.05) is 6.79 Å². The maximum atomic E-state index is 12.5. The lowest BCUT2D eigenvalue weighted by Gasteiger charge is -2.03. The highest BCUT2D eigenvalue weighted by Gasteiger charge is 2.18. The first-order valence-electron chi connectivity index (χ1n) is 6.50. The molecule has 0 bridgehead atoms. The molecule has 1 heterocycles. The molecule has 0 saturated heterocycles. The SMILES string of the molecule is N#C/C(=C/c1ccccc1Br)C(=O)c1ccc2c(c1)OCO2. The Hall–Kier alpha value is -2.58. The van der Waals surface area contributed by atoms with E-state index in [4.69, 9.17) is 9.47 Å². The fraction of sp³-hybridized carbons (Fsp3) is 0.0588. The Bertz CT molecular complexity index is 821. The van der Waals surface area contributed by atoms with E-state index in [2.05, 4.69) is 15.9 Å². The van der Waals surface area contributed by atoms with Crippen LogP contribution in [0, 0.1) is 11.3 Å². The number of Topliss-reactive ketones (excluding diaryl/α,β-unsaturated/α-hetero) is 1. The van der Waals surface area contributed by atoms with E-state index in [-0.39, 0.29) is 18.1 Å². The van der Waals surface area contributed by atoms with Crippen LogP contribution in [0.5, 0.6) is 11.5 Å². The van der Waals surface area contributed by atoms with E-state index in [9.17, 15) is 10.1 Å². The van der Waals surface area contributed by atoms with Gasteiger partial charge in [-0.05, 0) is 35.9 Å². The molecule has 0 radical (unpaired) electrons. The van der Waals surface area contributed by atoms with Crippen LogP contribution in [0.3, 0.4) is 0 Å². The van der Waals surface area contributed by atoms with E-state index >= 15 is 0 Å². The highest BCUT2D eigenvalue weighted by molar-refractivity contribution is 9.10. The van der Waals surface area contributed by atoms with Gasteiger partial charge in [-0.25, -0.2) is 0 Å². The zero-order valence-corrected chi connectivity index (χ0v) is 13.0. The Balaban J connectivity index is 1.96. The van der Waals surface area contributed by atoms with Crippen molar-refractivity contribution in [3.05, 3.63) is 63.6 Å². The molecule has 0 atom stereocenters. The lowest BCUT2D eigenvalue weighted by atomic mass is 10.0. The molecule has 108 valence electrons. The molecule has 2 aromatic carbocycles. The van der Waals surface area contributed by atoms with Crippen molar-refractivity contribution in [1.29, 1.82) is 5.26 Å². The molecule has 1 aliphatic rings. The molecule has 0 aromatic heterocycles. The standard InChI is InChI=1S/C17H10BrNO3/c18-14-4-2-1-3-11(14)7-13(9-19)17(20)12-5-6-15-16(8-12)22-10-21-15/h1-8H,10H2/b13-7-. The van der Waals surface area contributed by atoms with Gasteiger partial charge in [0.05, 0.1) is 0 Å². The highest BCUT2D eigenvalue weighted by Crippen LogP contribution is 2.33. The van der Waals surface area contributed by atoms with Crippen LogP contribution in [0.1, 0.15) is 15.9 Å². The van der Waals surface area contributed by atoms with Gasteiger partial charge in [-0.2, -0.15) is 5.26 Å². The van der Waals surface area contributed by atoms with Crippen LogP contribution >= 0.6 is 15.9 Å². The van der Waals surface area contributed by atoms with Crippen molar-refractivity contribution in [2.45, 2.75) is 0 Å². The van der Waals surface area contributed by atoms with Crippen LogP contribution < -0.4 is 9.47 Å². The maximum absolute atomic E-state index is 12.5. The molecule has 1 aliphatic heterocycles. The molecule has 22 heavy (non-hydrogen) atoms. The van der Waals surface area contributed by atoms with Gasteiger partial charge in [0.25, 0.3) is 0 Å². The predicted octanol–water partition coefficient (Wildman–Crippen LogP) is 3.97. The number of nitriles is 1. The minimum absolute atomic E-state index is 0.0609. The van der Waals surface area contributed by atoms with Crippen LogP contribution in [-0.4, -0.2) is 12.6 Å². The second-order valence-corrected chi connectivity index (χ2v) is 5.44. The van der Waals surface area contributed by atoms with Crippen molar-refractivity contribution in [3.63, 3.8) is 0 Å². The maximum Gasteiger partial charge on any atom is 0.231 e. The van der Waals surface area contributed by atoms with Crippen molar-refractivity contribution in [3.8, 4) is 17.6 Å². The zero-order chi connectivity index (χ0) is 15.5. The fourth-order valence-corrected chi connectivity index (χ4v) is 2.49. The molecule has 0 saturated carbocycles. The fourth-order valence-electron chi connectivity index (χ4n) is 2.09. The van der Waals surface area contributed by atoms with Gasteiger partial charge in [0.2, 0.25) is 12.6 Å². The number of halogens is 1. The summed E-state index contributed by atoms with van der Waals surface area (Å²) in [5.74, 6) is 0.769. The summed E-state index contributed by atoms with van der Waals surface area (Å²) in [5, 5.41) is 9.29. The normalized spacial score (nSPS) is 12.8. The van der Waals surface area contributed by atoms with Gasteiger partial charge in [0, 0.05) is 10.0 Å². The summed E-state index contributed by atoms with van der Waals surface area (Å²) < 4.78 is 11.3. The number of benzene rings is 2. The lowest BCUT2D eigenvalue weighted by molar-refractivity contribution is 0.103. The summed E-state index contributed by atoms with van der Waals surface area (Å²) in [6.07, 6.45) is 1.57. The van der Waals surface area contributed by atoms with E-state index in [1.165, 1.54) is 0 Å². The topological polar surface area (TPSA) is 59.3 Å². The number of allylic oxidation sites excluding steroid dienone is 1. The second kappa shape index (κ2) is 6.04. The third-order valence-corrected chi connectivity index (χ3v) is 3.93. The number of hydrogen-bond acceptors (Lipinski definition) is 4. The Kier molecular flexibility index (Phi) is 3.94. The van der Waals surface area contributed by atoms with Gasteiger partial charge >= 0.3 is 0 Å². The summed E-state index contributed by atoms with van der Waals surface area (Å²) in [7, 11) is 0. The molecule has 0 spiro atoms. The van der Waals surface area contributed by atoms with Crippen LogP contribution in [-0.2, 0) is 0 Å². The molecule has 0 unspecified atom stereocenters. The molecule has 0 aliphatic carbocycles. The average molecular weight is 356 g/mol. The third-order valence-electron chi connectivity index (χ3n) is 3.20. The molecule has 2 aromatic rings. The minimum Gasteiger partial charge on any atom is -0.454 e. The van der Waals surface area contributed by atoms with E-state index in [0.29, 0.717) is 17.1 Å². The van der Waals surface area contributed by atoms with Crippen molar-refractivity contribution in [2.24, 2.45) is 0 Å². The molecule has 0 fully saturated rings. The number of nitrogens with zero attached hydrogens (tertiary/aromatic N) is 1. The average Bonchev–Trinajstić information content (AvgIpc) is 3.01. The molecule has 0 amide bonds. The van der Waals surface area contributed by atoms with Gasteiger partial charge in [-0.3, -0.25) is 4.79 Å². The lowest BCUT2D eigenvalue weighted by Crippen LogP contribution is -2.02. The van der Waals surface area contributed by atoms with E-state index in [0.717, 1.165) is 10.0 Å². The summed E-state index contributed by atoms with van der Waals surface area (Å²) in [5.41, 5.74) is 1.23. The number of hydrogen-bond donors (Lipinski definition) is 0. The minimum atomic E-state index is -0.350. The second-order valence-electron chi connectivity index (χ2n) is 4.59. The molecule has 5 heteroatoms. The number of ether oxygens (including phenoxy) is 2.